The van der Waals surface area contributed by atoms with E-state index in [1.165, 1.54) is 24.2 Å². The van der Waals surface area contributed by atoms with E-state index in [9.17, 15) is 9.18 Å². The molecule has 1 aromatic carbocycles. The largest absolute Gasteiger partial charge is 0.481 e. The Bertz CT molecular complexity index is 902. The van der Waals surface area contributed by atoms with Crippen molar-refractivity contribution in [3.63, 3.8) is 0 Å². The summed E-state index contributed by atoms with van der Waals surface area (Å²) in [6.45, 7) is 1.93. The highest BCUT2D eigenvalue weighted by molar-refractivity contribution is 5.97. The minimum Gasteiger partial charge on any atom is -0.481 e. The molecule has 7 nitrogen and oxygen atoms in total. The number of nitrogens with one attached hydrogen (secondary N) is 1. The Morgan fingerprint density at radius 3 is 2.84 bits per heavy atom. The number of hydrogen-bond acceptors (Lipinski definition) is 4. The molecule has 130 valence electrons. The smallest absolute Gasteiger partial charge is 0.258 e. The number of ether oxygens (including phenoxy) is 1. The van der Waals surface area contributed by atoms with Crippen LogP contribution in [0.5, 0.6) is 5.88 Å². The fraction of sp³-hybridized carbons (Fsp3) is 0.235. The number of hydrogen-bond donors (Lipinski definition) is 1. The normalized spacial score (nSPS) is 10.7. The number of aryl methyl sites for hydroxylation is 2. The number of benzene rings is 1. The first-order chi connectivity index (χ1) is 12.0. The molecule has 0 spiro atoms. The Morgan fingerprint density at radius 1 is 1.40 bits per heavy atom. The van der Waals surface area contributed by atoms with E-state index in [0.29, 0.717) is 28.4 Å². The topological polar surface area (TPSA) is 74.0 Å². The number of carbonyl (C=O) groups is 1. The molecule has 2 heterocycles. The fourth-order valence-electron chi connectivity index (χ4n) is 2.67. The van der Waals surface area contributed by atoms with E-state index >= 15 is 0 Å². The second-order valence-corrected chi connectivity index (χ2v) is 5.53. The van der Waals surface area contributed by atoms with Gasteiger partial charge in [-0.1, -0.05) is 6.07 Å². The van der Waals surface area contributed by atoms with Crippen LogP contribution in [-0.4, -0.2) is 32.3 Å². The molecule has 0 aliphatic rings. The van der Waals surface area contributed by atoms with Crippen molar-refractivity contribution in [1.82, 2.24) is 24.6 Å². The first-order valence-corrected chi connectivity index (χ1v) is 7.63. The number of imidazole rings is 1. The Hall–Kier alpha value is -3.16. The molecular weight excluding hydrogens is 325 g/mol. The van der Waals surface area contributed by atoms with E-state index in [4.69, 9.17) is 4.74 Å². The van der Waals surface area contributed by atoms with E-state index < -0.39 is 0 Å². The molecule has 0 aliphatic carbocycles. The molecular formula is C17H18FN5O2. The van der Waals surface area contributed by atoms with Gasteiger partial charge in [0, 0.05) is 26.0 Å². The summed E-state index contributed by atoms with van der Waals surface area (Å²) in [6.07, 6.45) is 4.77. The average Bonchev–Trinajstić information content (AvgIpc) is 3.20. The summed E-state index contributed by atoms with van der Waals surface area (Å²) in [7, 11) is 3.18. The van der Waals surface area contributed by atoms with E-state index in [0.717, 1.165) is 0 Å². The van der Waals surface area contributed by atoms with Crippen LogP contribution in [0.3, 0.4) is 0 Å². The Labute approximate surface area is 144 Å². The van der Waals surface area contributed by atoms with Crippen LogP contribution in [0.2, 0.25) is 0 Å². The Morgan fingerprint density at radius 2 is 2.20 bits per heavy atom. The first kappa shape index (κ1) is 16.7. The second-order valence-electron chi connectivity index (χ2n) is 5.53. The van der Waals surface area contributed by atoms with Crippen LogP contribution < -0.4 is 10.1 Å². The maximum Gasteiger partial charge on any atom is 0.258 e. The summed E-state index contributed by atoms with van der Waals surface area (Å²) in [5.74, 6) is -0.321. The molecule has 0 fully saturated rings. The maximum atomic E-state index is 14.3. The van der Waals surface area contributed by atoms with Gasteiger partial charge in [-0.05, 0) is 24.6 Å². The molecule has 0 unspecified atom stereocenters. The van der Waals surface area contributed by atoms with Gasteiger partial charge >= 0.3 is 0 Å². The number of amides is 1. The summed E-state index contributed by atoms with van der Waals surface area (Å²) >= 11 is 0. The third kappa shape index (κ3) is 3.23. The van der Waals surface area contributed by atoms with Crippen molar-refractivity contribution in [2.45, 2.75) is 13.5 Å². The van der Waals surface area contributed by atoms with E-state index in [1.807, 2.05) is 0 Å². The third-order valence-corrected chi connectivity index (χ3v) is 3.84. The molecule has 0 aliphatic heterocycles. The minimum atomic E-state index is -0.389. The summed E-state index contributed by atoms with van der Waals surface area (Å²) in [5.41, 5.74) is 1.99. The summed E-state index contributed by atoms with van der Waals surface area (Å²) in [6, 6.07) is 4.80. The third-order valence-electron chi connectivity index (χ3n) is 3.84. The highest BCUT2D eigenvalue weighted by Gasteiger charge is 2.20. The van der Waals surface area contributed by atoms with Crippen LogP contribution in [0, 0.1) is 12.7 Å². The van der Waals surface area contributed by atoms with Crippen LogP contribution in [0.4, 0.5) is 4.39 Å². The van der Waals surface area contributed by atoms with E-state index in [-0.39, 0.29) is 18.3 Å². The van der Waals surface area contributed by atoms with Crippen LogP contribution in [0.1, 0.15) is 21.6 Å². The number of aromatic nitrogens is 4. The van der Waals surface area contributed by atoms with Crippen molar-refractivity contribution in [3.05, 3.63) is 59.6 Å². The fourth-order valence-corrected chi connectivity index (χ4v) is 2.67. The molecule has 0 atom stereocenters. The lowest BCUT2D eigenvalue weighted by atomic mass is 10.1. The highest BCUT2D eigenvalue weighted by atomic mass is 19.1. The van der Waals surface area contributed by atoms with Crippen molar-refractivity contribution in [2.75, 3.05) is 7.11 Å². The quantitative estimate of drug-likeness (QED) is 0.769. The van der Waals surface area contributed by atoms with Crippen LogP contribution >= 0.6 is 0 Å². The molecule has 3 aromatic rings. The average molecular weight is 343 g/mol. The predicted molar refractivity (Wildman–Crippen MR) is 89.2 cm³/mol. The molecule has 2 aromatic heterocycles. The minimum absolute atomic E-state index is 0.192. The van der Waals surface area contributed by atoms with Crippen LogP contribution in [0.15, 0.2) is 36.9 Å². The summed E-state index contributed by atoms with van der Waals surface area (Å²) in [4.78, 5) is 16.3. The zero-order valence-corrected chi connectivity index (χ0v) is 14.2. The van der Waals surface area contributed by atoms with Gasteiger partial charge in [0.05, 0.1) is 24.8 Å². The highest BCUT2D eigenvalue weighted by Crippen LogP contribution is 2.21. The standard InChI is InChI=1S/C17H18FN5O2/c1-11-15(17(25-3)22(2)21-11)16(24)20-9-12-4-5-14(13(18)8-12)23-7-6-19-10-23/h4-8,10H,9H2,1-3H3,(H,20,24). The van der Waals surface area contributed by atoms with Gasteiger partial charge in [-0.3, -0.25) is 4.79 Å². The number of rotatable bonds is 5. The molecule has 0 radical (unpaired) electrons. The van der Waals surface area contributed by atoms with Gasteiger partial charge in [-0.2, -0.15) is 5.10 Å². The van der Waals surface area contributed by atoms with Gasteiger partial charge in [0.1, 0.15) is 11.4 Å². The maximum absolute atomic E-state index is 14.3. The molecule has 3 rings (SSSR count). The Balaban J connectivity index is 1.74. The lowest BCUT2D eigenvalue weighted by Gasteiger charge is -2.09. The molecule has 0 saturated heterocycles. The zero-order chi connectivity index (χ0) is 18.0. The van der Waals surface area contributed by atoms with Gasteiger partial charge in [-0.25, -0.2) is 14.1 Å². The van der Waals surface area contributed by atoms with Crippen molar-refractivity contribution in [2.24, 2.45) is 7.05 Å². The van der Waals surface area contributed by atoms with Gasteiger partial charge in [0.2, 0.25) is 5.88 Å². The molecule has 1 amide bonds. The summed E-state index contributed by atoms with van der Waals surface area (Å²) in [5, 5.41) is 6.94. The first-order valence-electron chi connectivity index (χ1n) is 7.63. The zero-order valence-electron chi connectivity index (χ0n) is 14.2. The second kappa shape index (κ2) is 6.76. The number of halogens is 1. The van der Waals surface area contributed by atoms with Gasteiger partial charge in [0.25, 0.3) is 5.91 Å². The monoisotopic (exact) mass is 343 g/mol. The van der Waals surface area contributed by atoms with Gasteiger partial charge in [-0.15, -0.1) is 0 Å². The van der Waals surface area contributed by atoms with Crippen LogP contribution in [-0.2, 0) is 13.6 Å². The summed E-state index contributed by atoms with van der Waals surface area (Å²) < 4.78 is 22.6. The molecule has 1 N–H and O–H groups in total. The van der Waals surface area contributed by atoms with Gasteiger partial charge < -0.3 is 14.6 Å². The van der Waals surface area contributed by atoms with Crippen molar-refractivity contribution < 1.29 is 13.9 Å². The number of nitrogens with zero attached hydrogens (tertiary/aromatic N) is 4. The molecule has 25 heavy (non-hydrogen) atoms. The Kier molecular flexibility index (Phi) is 4.51. The van der Waals surface area contributed by atoms with E-state index in [2.05, 4.69) is 15.4 Å². The molecule has 8 heteroatoms. The molecule has 0 saturated carbocycles. The number of carbonyl (C=O) groups excluding carboxylic acids is 1. The van der Waals surface area contributed by atoms with Gasteiger partial charge in [0.15, 0.2) is 0 Å². The molecule has 0 bridgehead atoms. The van der Waals surface area contributed by atoms with Crippen LogP contribution in [0.25, 0.3) is 5.69 Å². The SMILES string of the molecule is COc1c(C(=O)NCc2ccc(-n3ccnc3)c(F)c2)c(C)nn1C. The predicted octanol–water partition coefficient (Wildman–Crippen LogP) is 1.99. The van der Waals surface area contributed by atoms with Crippen molar-refractivity contribution in [3.8, 4) is 11.6 Å². The van der Waals surface area contributed by atoms with Crippen molar-refractivity contribution >= 4 is 5.91 Å². The lowest BCUT2D eigenvalue weighted by Crippen LogP contribution is -2.24. The lowest BCUT2D eigenvalue weighted by molar-refractivity contribution is 0.0947. The number of methoxy groups -OCH3 is 1. The van der Waals surface area contributed by atoms with E-state index in [1.54, 1.807) is 43.1 Å². The van der Waals surface area contributed by atoms with Crippen molar-refractivity contribution in [1.29, 1.82) is 0 Å².